The molecule has 0 spiro atoms. The number of aliphatic carboxylic acids is 1. The molecule has 0 bridgehead atoms. The number of fused-ring (bicyclic) bond motifs is 5. The van der Waals surface area contributed by atoms with E-state index < -0.39 is 5.97 Å². The number of carbonyl (C=O) groups excluding carboxylic acids is 2. The summed E-state index contributed by atoms with van der Waals surface area (Å²) in [6, 6.07) is 0. The van der Waals surface area contributed by atoms with E-state index in [1.165, 1.54) is 12.8 Å². The average molecular weight is 419 g/mol. The summed E-state index contributed by atoms with van der Waals surface area (Å²) >= 11 is 0. The molecule has 5 nitrogen and oxygen atoms in total. The molecule has 0 radical (unpaired) electrons. The van der Waals surface area contributed by atoms with Crippen molar-refractivity contribution in [3.05, 3.63) is 0 Å². The lowest BCUT2D eigenvalue weighted by atomic mass is 9.44. The van der Waals surface area contributed by atoms with Crippen molar-refractivity contribution in [2.45, 2.75) is 91.1 Å². The topological polar surface area (TPSA) is 80.7 Å². The molecule has 0 heterocycles. The SMILES string of the molecule is CC(CCC(=O)O)C1CCC2C3CCC4CC(OC=O)CCC4(C)C3CC(=O)C12C. The van der Waals surface area contributed by atoms with Gasteiger partial charge in [-0.2, -0.15) is 0 Å². The fraction of sp³-hybridized carbons (Fsp3) is 0.880. The fourth-order valence-corrected chi connectivity index (χ4v) is 8.62. The average Bonchev–Trinajstić information content (AvgIpc) is 3.06. The summed E-state index contributed by atoms with van der Waals surface area (Å²) in [5.74, 6) is 2.34. The minimum Gasteiger partial charge on any atom is -0.481 e. The fourth-order valence-electron chi connectivity index (χ4n) is 8.62. The molecule has 5 heteroatoms. The van der Waals surface area contributed by atoms with Gasteiger partial charge in [-0.3, -0.25) is 14.4 Å². The number of rotatable bonds is 6. The van der Waals surface area contributed by atoms with E-state index >= 15 is 0 Å². The smallest absolute Gasteiger partial charge is 0.303 e. The van der Waals surface area contributed by atoms with Gasteiger partial charge in [-0.15, -0.1) is 0 Å². The number of carboxylic acids is 1. The third-order valence-corrected chi connectivity index (χ3v) is 10.3. The summed E-state index contributed by atoms with van der Waals surface area (Å²) in [5.41, 5.74) is -0.101. The zero-order valence-corrected chi connectivity index (χ0v) is 18.8. The van der Waals surface area contributed by atoms with Gasteiger partial charge >= 0.3 is 5.97 Å². The predicted molar refractivity (Wildman–Crippen MR) is 113 cm³/mol. The van der Waals surface area contributed by atoms with Crippen LogP contribution in [0.3, 0.4) is 0 Å². The Balaban J connectivity index is 1.54. The van der Waals surface area contributed by atoms with Crippen LogP contribution in [0.5, 0.6) is 0 Å². The van der Waals surface area contributed by atoms with Crippen molar-refractivity contribution in [3.8, 4) is 0 Å². The highest BCUT2D eigenvalue weighted by molar-refractivity contribution is 5.87. The molecule has 4 saturated carbocycles. The standard InChI is InChI=1S/C25H38O5/c1-15(4-9-23(28)29)19-7-8-20-18-6-5-16-12-17(30-14-26)10-11-24(16,2)21(18)13-22(27)25(19,20)3/h14-21H,4-13H2,1-3H3,(H,28,29). The maximum absolute atomic E-state index is 13.7. The van der Waals surface area contributed by atoms with Crippen LogP contribution in [0.15, 0.2) is 0 Å². The van der Waals surface area contributed by atoms with E-state index in [1.807, 2.05) is 0 Å². The van der Waals surface area contributed by atoms with Crippen molar-refractivity contribution < 1.29 is 24.2 Å². The lowest BCUT2D eigenvalue weighted by molar-refractivity contribution is -0.163. The van der Waals surface area contributed by atoms with E-state index in [9.17, 15) is 14.4 Å². The summed E-state index contributed by atoms with van der Waals surface area (Å²) in [7, 11) is 0. The first kappa shape index (κ1) is 21.8. The number of hydrogen-bond donors (Lipinski definition) is 1. The molecule has 9 unspecified atom stereocenters. The first-order valence-corrected chi connectivity index (χ1v) is 12.1. The van der Waals surface area contributed by atoms with Crippen molar-refractivity contribution in [2.24, 2.45) is 46.3 Å². The van der Waals surface area contributed by atoms with Crippen LogP contribution in [0.2, 0.25) is 0 Å². The Morgan fingerprint density at radius 2 is 1.97 bits per heavy atom. The lowest BCUT2D eigenvalue weighted by Gasteiger charge is -2.60. The maximum Gasteiger partial charge on any atom is 0.303 e. The van der Waals surface area contributed by atoms with Crippen molar-refractivity contribution in [2.75, 3.05) is 0 Å². The zero-order valence-electron chi connectivity index (χ0n) is 18.8. The van der Waals surface area contributed by atoms with Crippen LogP contribution in [0, 0.1) is 46.3 Å². The molecule has 168 valence electrons. The molecule has 9 atom stereocenters. The maximum atomic E-state index is 13.7. The van der Waals surface area contributed by atoms with Crippen molar-refractivity contribution in [3.63, 3.8) is 0 Å². The molecule has 4 aliphatic rings. The van der Waals surface area contributed by atoms with Gasteiger partial charge in [-0.05, 0) is 92.3 Å². The molecule has 0 amide bonds. The van der Waals surface area contributed by atoms with Gasteiger partial charge in [0.05, 0.1) is 0 Å². The molecule has 30 heavy (non-hydrogen) atoms. The number of ketones is 1. The summed E-state index contributed by atoms with van der Waals surface area (Å²) in [6.07, 6.45) is 9.05. The second-order valence-electron chi connectivity index (χ2n) is 11.3. The Bertz CT molecular complexity index is 704. The number of hydrogen-bond acceptors (Lipinski definition) is 4. The molecular formula is C25H38O5. The van der Waals surface area contributed by atoms with E-state index in [0.717, 1.165) is 32.1 Å². The number of Topliss-reactive ketones (excluding diaryl/α,β-unsaturated/α-hetero) is 1. The quantitative estimate of drug-likeness (QED) is 0.623. The minimum absolute atomic E-state index is 0.0487. The van der Waals surface area contributed by atoms with Crippen molar-refractivity contribution >= 4 is 18.2 Å². The normalized spacial score (nSPS) is 46.3. The van der Waals surface area contributed by atoms with Crippen molar-refractivity contribution in [1.82, 2.24) is 0 Å². The number of carboxylic acid groups (broad SMARTS) is 1. The van der Waals surface area contributed by atoms with Crippen LogP contribution in [0.25, 0.3) is 0 Å². The second-order valence-corrected chi connectivity index (χ2v) is 11.3. The van der Waals surface area contributed by atoms with Gasteiger partial charge in [0.2, 0.25) is 0 Å². The van der Waals surface area contributed by atoms with Crippen LogP contribution in [-0.2, 0) is 19.1 Å². The van der Waals surface area contributed by atoms with Gasteiger partial charge in [-0.25, -0.2) is 0 Å². The van der Waals surface area contributed by atoms with Crippen LogP contribution in [0.4, 0.5) is 0 Å². The predicted octanol–water partition coefficient (Wildman–Crippen LogP) is 4.87. The highest BCUT2D eigenvalue weighted by Crippen LogP contribution is 2.67. The first-order chi connectivity index (χ1) is 14.2. The molecule has 1 N–H and O–H groups in total. The minimum atomic E-state index is -0.739. The van der Waals surface area contributed by atoms with Gasteiger partial charge in [0.25, 0.3) is 6.47 Å². The molecule has 0 aliphatic heterocycles. The Labute approximate surface area is 180 Å². The molecule has 0 aromatic heterocycles. The van der Waals surface area contributed by atoms with Gasteiger partial charge in [-0.1, -0.05) is 20.8 Å². The third kappa shape index (κ3) is 3.31. The monoisotopic (exact) mass is 418 g/mol. The summed E-state index contributed by atoms with van der Waals surface area (Å²) < 4.78 is 5.31. The largest absolute Gasteiger partial charge is 0.481 e. The highest BCUT2D eigenvalue weighted by atomic mass is 16.5. The number of carbonyl (C=O) groups is 3. The van der Waals surface area contributed by atoms with E-state index in [0.29, 0.717) is 54.7 Å². The summed E-state index contributed by atoms with van der Waals surface area (Å²) in [4.78, 5) is 35.6. The second kappa shape index (κ2) is 7.94. The molecule has 0 aromatic rings. The molecule has 4 rings (SSSR count). The number of ether oxygens (including phenoxy) is 1. The molecular weight excluding hydrogens is 380 g/mol. The first-order valence-electron chi connectivity index (χ1n) is 12.1. The van der Waals surface area contributed by atoms with E-state index in [-0.39, 0.29) is 29.3 Å². The zero-order chi connectivity index (χ0) is 21.7. The van der Waals surface area contributed by atoms with Gasteiger partial charge < -0.3 is 9.84 Å². The van der Waals surface area contributed by atoms with Crippen LogP contribution in [0.1, 0.15) is 85.0 Å². The van der Waals surface area contributed by atoms with E-state index in [1.54, 1.807) is 0 Å². The third-order valence-electron chi connectivity index (χ3n) is 10.3. The molecule has 0 aromatic carbocycles. The molecule has 4 aliphatic carbocycles. The van der Waals surface area contributed by atoms with Crippen LogP contribution < -0.4 is 0 Å². The Morgan fingerprint density at radius 1 is 1.20 bits per heavy atom. The van der Waals surface area contributed by atoms with Gasteiger partial charge in [0.1, 0.15) is 11.9 Å². The van der Waals surface area contributed by atoms with Crippen LogP contribution >= 0.6 is 0 Å². The molecule has 0 saturated heterocycles. The Morgan fingerprint density at radius 3 is 2.67 bits per heavy atom. The Kier molecular flexibility index (Phi) is 5.78. The summed E-state index contributed by atoms with van der Waals surface area (Å²) in [6.45, 7) is 7.38. The van der Waals surface area contributed by atoms with E-state index in [2.05, 4.69) is 20.8 Å². The molecule has 4 fully saturated rings. The van der Waals surface area contributed by atoms with Crippen LogP contribution in [-0.4, -0.2) is 29.4 Å². The van der Waals surface area contributed by atoms with Gasteiger partial charge in [0, 0.05) is 18.3 Å². The van der Waals surface area contributed by atoms with E-state index in [4.69, 9.17) is 9.84 Å². The lowest BCUT2D eigenvalue weighted by Crippen LogP contribution is -2.57. The summed E-state index contributed by atoms with van der Waals surface area (Å²) in [5, 5.41) is 9.10. The highest BCUT2D eigenvalue weighted by Gasteiger charge is 2.64. The van der Waals surface area contributed by atoms with Gasteiger partial charge in [0.15, 0.2) is 0 Å². The van der Waals surface area contributed by atoms with Crippen molar-refractivity contribution in [1.29, 1.82) is 0 Å². The Hall–Kier alpha value is -1.39.